The standard InChI is InChI=1S/C13H20N2OS/c1-10-15-12(9-17-10)8-13(16)6-5-11-4-2-3-7-14-11/h9,11,14H,2-8H2,1H3. The molecule has 1 aromatic heterocycles. The van der Waals surface area contributed by atoms with Crippen molar-refractivity contribution < 1.29 is 4.79 Å². The lowest BCUT2D eigenvalue weighted by Crippen LogP contribution is -2.34. The summed E-state index contributed by atoms with van der Waals surface area (Å²) in [7, 11) is 0. The van der Waals surface area contributed by atoms with E-state index >= 15 is 0 Å². The predicted octanol–water partition coefficient (Wildman–Crippen LogP) is 2.49. The van der Waals surface area contributed by atoms with E-state index in [4.69, 9.17) is 0 Å². The number of piperidine rings is 1. The summed E-state index contributed by atoms with van der Waals surface area (Å²) >= 11 is 1.62. The van der Waals surface area contributed by atoms with E-state index in [2.05, 4.69) is 10.3 Å². The van der Waals surface area contributed by atoms with Gasteiger partial charge in [-0.2, -0.15) is 0 Å². The minimum Gasteiger partial charge on any atom is -0.314 e. The highest BCUT2D eigenvalue weighted by Gasteiger charge is 2.14. The van der Waals surface area contributed by atoms with E-state index in [1.807, 2.05) is 12.3 Å². The predicted molar refractivity (Wildman–Crippen MR) is 70.4 cm³/mol. The van der Waals surface area contributed by atoms with Crippen molar-refractivity contribution in [3.05, 3.63) is 16.1 Å². The molecule has 1 aliphatic rings. The molecule has 1 saturated heterocycles. The second kappa shape index (κ2) is 6.26. The molecule has 2 heterocycles. The van der Waals surface area contributed by atoms with Crippen molar-refractivity contribution in [1.82, 2.24) is 10.3 Å². The van der Waals surface area contributed by atoms with Crippen LogP contribution in [0.4, 0.5) is 0 Å². The van der Waals surface area contributed by atoms with Gasteiger partial charge < -0.3 is 5.32 Å². The lowest BCUT2D eigenvalue weighted by Gasteiger charge is -2.22. The van der Waals surface area contributed by atoms with Crippen LogP contribution in [-0.2, 0) is 11.2 Å². The van der Waals surface area contributed by atoms with Crippen LogP contribution in [0.2, 0.25) is 0 Å². The van der Waals surface area contributed by atoms with E-state index in [1.165, 1.54) is 19.3 Å². The van der Waals surface area contributed by atoms with Crippen molar-refractivity contribution in [1.29, 1.82) is 0 Å². The molecule has 1 aromatic rings. The van der Waals surface area contributed by atoms with Crippen molar-refractivity contribution >= 4 is 17.1 Å². The Balaban J connectivity index is 1.70. The van der Waals surface area contributed by atoms with Crippen LogP contribution in [-0.4, -0.2) is 23.4 Å². The summed E-state index contributed by atoms with van der Waals surface area (Å²) in [5.74, 6) is 0.322. The number of nitrogens with one attached hydrogen (secondary N) is 1. The molecular formula is C13H20N2OS. The first kappa shape index (κ1) is 12.7. The normalized spacial score (nSPS) is 20.4. The number of hydrogen-bond donors (Lipinski definition) is 1. The number of rotatable bonds is 5. The van der Waals surface area contributed by atoms with Gasteiger partial charge in [0, 0.05) is 24.3 Å². The highest BCUT2D eigenvalue weighted by molar-refractivity contribution is 7.09. The third-order valence-corrected chi connectivity index (χ3v) is 4.05. The van der Waals surface area contributed by atoms with Crippen LogP contribution >= 0.6 is 11.3 Å². The monoisotopic (exact) mass is 252 g/mol. The maximum Gasteiger partial charge on any atom is 0.138 e. The first-order chi connectivity index (χ1) is 8.24. The van der Waals surface area contributed by atoms with Crippen LogP contribution in [0.25, 0.3) is 0 Å². The lowest BCUT2D eigenvalue weighted by molar-refractivity contribution is -0.118. The highest BCUT2D eigenvalue weighted by Crippen LogP contribution is 2.14. The molecule has 0 amide bonds. The number of carbonyl (C=O) groups excluding carboxylic acids is 1. The average Bonchev–Trinajstić information content (AvgIpc) is 2.73. The Morgan fingerprint density at radius 2 is 2.47 bits per heavy atom. The maximum absolute atomic E-state index is 11.8. The molecule has 0 aromatic carbocycles. The molecule has 1 aliphatic heterocycles. The second-order valence-corrected chi connectivity index (χ2v) is 5.82. The van der Waals surface area contributed by atoms with Crippen LogP contribution in [0, 0.1) is 6.92 Å². The van der Waals surface area contributed by atoms with Gasteiger partial charge in [-0.3, -0.25) is 4.79 Å². The zero-order chi connectivity index (χ0) is 12.1. The molecule has 3 nitrogen and oxygen atoms in total. The number of ketones is 1. The maximum atomic E-state index is 11.8. The molecule has 4 heteroatoms. The van der Waals surface area contributed by atoms with Gasteiger partial charge >= 0.3 is 0 Å². The molecular weight excluding hydrogens is 232 g/mol. The zero-order valence-corrected chi connectivity index (χ0v) is 11.2. The molecule has 1 fully saturated rings. The number of hydrogen-bond acceptors (Lipinski definition) is 4. The van der Waals surface area contributed by atoms with E-state index in [9.17, 15) is 4.79 Å². The first-order valence-electron chi connectivity index (χ1n) is 6.40. The van der Waals surface area contributed by atoms with Crippen molar-refractivity contribution in [3.63, 3.8) is 0 Å². The third kappa shape index (κ3) is 4.21. The van der Waals surface area contributed by atoms with Crippen molar-refractivity contribution in [2.24, 2.45) is 0 Å². The van der Waals surface area contributed by atoms with Crippen LogP contribution in [0.5, 0.6) is 0 Å². The Morgan fingerprint density at radius 1 is 1.59 bits per heavy atom. The molecule has 1 unspecified atom stereocenters. The van der Waals surface area contributed by atoms with E-state index < -0.39 is 0 Å². The number of thiazole rings is 1. The summed E-state index contributed by atoms with van der Waals surface area (Å²) in [6.07, 6.45) is 6.00. The SMILES string of the molecule is Cc1nc(CC(=O)CCC2CCCCN2)cs1. The summed E-state index contributed by atoms with van der Waals surface area (Å²) in [5, 5.41) is 6.51. The van der Waals surface area contributed by atoms with Gasteiger partial charge in [0.1, 0.15) is 5.78 Å². The molecule has 17 heavy (non-hydrogen) atoms. The second-order valence-electron chi connectivity index (χ2n) is 4.76. The van der Waals surface area contributed by atoms with Gasteiger partial charge in [0.05, 0.1) is 10.7 Å². The smallest absolute Gasteiger partial charge is 0.138 e. The van der Waals surface area contributed by atoms with Crippen LogP contribution in [0.1, 0.15) is 42.8 Å². The minimum absolute atomic E-state index is 0.322. The fraction of sp³-hybridized carbons (Fsp3) is 0.692. The Morgan fingerprint density at radius 3 is 3.12 bits per heavy atom. The van der Waals surface area contributed by atoms with Gasteiger partial charge in [0.25, 0.3) is 0 Å². The Kier molecular flexibility index (Phi) is 4.68. The topological polar surface area (TPSA) is 42.0 Å². The largest absolute Gasteiger partial charge is 0.314 e. The van der Waals surface area contributed by atoms with Crippen LogP contribution in [0.15, 0.2) is 5.38 Å². The molecule has 0 bridgehead atoms. The summed E-state index contributed by atoms with van der Waals surface area (Å²) in [5.41, 5.74) is 0.939. The summed E-state index contributed by atoms with van der Waals surface area (Å²) in [6, 6.07) is 0.560. The van der Waals surface area contributed by atoms with Crippen molar-refractivity contribution in [3.8, 4) is 0 Å². The minimum atomic E-state index is 0.322. The van der Waals surface area contributed by atoms with Gasteiger partial charge in [0.2, 0.25) is 0 Å². The molecule has 94 valence electrons. The van der Waals surface area contributed by atoms with Gasteiger partial charge in [0.15, 0.2) is 0 Å². The van der Waals surface area contributed by atoms with Crippen molar-refractivity contribution in [2.75, 3.05) is 6.54 Å². The molecule has 0 saturated carbocycles. The molecule has 1 N–H and O–H groups in total. The number of carbonyl (C=O) groups is 1. The summed E-state index contributed by atoms with van der Waals surface area (Å²) in [4.78, 5) is 16.1. The molecule has 0 spiro atoms. The average molecular weight is 252 g/mol. The fourth-order valence-corrected chi connectivity index (χ4v) is 2.90. The molecule has 2 rings (SSSR count). The number of nitrogens with zero attached hydrogens (tertiary/aromatic N) is 1. The Hall–Kier alpha value is -0.740. The molecule has 1 atom stereocenters. The fourth-order valence-electron chi connectivity index (χ4n) is 2.29. The quantitative estimate of drug-likeness (QED) is 0.875. The van der Waals surface area contributed by atoms with Crippen molar-refractivity contribution in [2.45, 2.75) is 51.5 Å². The van der Waals surface area contributed by atoms with Gasteiger partial charge in [-0.15, -0.1) is 11.3 Å². The zero-order valence-electron chi connectivity index (χ0n) is 10.4. The summed E-state index contributed by atoms with van der Waals surface area (Å²) < 4.78 is 0. The Bertz CT molecular complexity index is 369. The van der Waals surface area contributed by atoms with Gasteiger partial charge in [-0.1, -0.05) is 6.42 Å². The van der Waals surface area contributed by atoms with Gasteiger partial charge in [-0.05, 0) is 32.7 Å². The van der Waals surface area contributed by atoms with Gasteiger partial charge in [-0.25, -0.2) is 4.98 Å². The van der Waals surface area contributed by atoms with Crippen LogP contribution < -0.4 is 5.32 Å². The van der Waals surface area contributed by atoms with E-state index in [0.717, 1.165) is 23.7 Å². The summed E-state index contributed by atoms with van der Waals surface area (Å²) in [6.45, 7) is 3.09. The van der Waals surface area contributed by atoms with Crippen LogP contribution in [0.3, 0.4) is 0 Å². The third-order valence-electron chi connectivity index (χ3n) is 3.23. The number of aryl methyl sites for hydroxylation is 1. The number of aromatic nitrogens is 1. The lowest BCUT2D eigenvalue weighted by atomic mass is 9.98. The van der Waals surface area contributed by atoms with E-state index in [-0.39, 0.29) is 0 Å². The Labute approximate surface area is 107 Å². The van der Waals surface area contributed by atoms with E-state index in [1.54, 1.807) is 11.3 Å². The highest BCUT2D eigenvalue weighted by atomic mass is 32.1. The number of Topliss-reactive ketones (excluding diaryl/α,β-unsaturated/α-hetero) is 1. The first-order valence-corrected chi connectivity index (χ1v) is 7.28. The molecule has 0 radical (unpaired) electrons. The van der Waals surface area contributed by atoms with E-state index in [0.29, 0.717) is 24.7 Å². The molecule has 0 aliphatic carbocycles.